The Morgan fingerprint density at radius 1 is 1.25 bits per heavy atom. The molecule has 3 rings (SSSR count). The van der Waals surface area contributed by atoms with Crippen molar-refractivity contribution in [2.24, 2.45) is 0 Å². The van der Waals surface area contributed by atoms with E-state index in [0.29, 0.717) is 11.6 Å². The molecular weight excluding hydrogens is 324 g/mol. The first kappa shape index (κ1) is 16.8. The summed E-state index contributed by atoms with van der Waals surface area (Å²) in [4.78, 5) is 3.27. The predicted molar refractivity (Wildman–Crippen MR) is 97.8 cm³/mol. The third-order valence-electron chi connectivity index (χ3n) is 4.13. The Hall–Kier alpha value is -2.01. The zero-order valence-electron chi connectivity index (χ0n) is 13.6. The summed E-state index contributed by atoms with van der Waals surface area (Å²) < 4.78 is 5.37. The predicted octanol–water partition coefficient (Wildman–Crippen LogP) is 3.70. The molecule has 24 heavy (non-hydrogen) atoms. The van der Waals surface area contributed by atoms with Gasteiger partial charge in [-0.05, 0) is 42.3 Å². The van der Waals surface area contributed by atoms with Gasteiger partial charge >= 0.3 is 0 Å². The van der Waals surface area contributed by atoms with E-state index >= 15 is 0 Å². The fourth-order valence-electron chi connectivity index (χ4n) is 2.86. The normalized spacial score (nSPS) is 12.5. The van der Waals surface area contributed by atoms with Crippen LogP contribution >= 0.6 is 11.6 Å². The summed E-state index contributed by atoms with van der Waals surface area (Å²) in [6, 6.07) is 13.3. The number of hydrogen-bond donors (Lipinski definition) is 3. The fraction of sp³-hybridized carbons (Fsp3) is 0.263. The molecule has 1 aromatic heterocycles. The highest BCUT2D eigenvalue weighted by atomic mass is 35.5. The lowest BCUT2D eigenvalue weighted by Gasteiger charge is -2.12. The second kappa shape index (κ2) is 7.71. The molecule has 0 fully saturated rings. The molecule has 0 spiro atoms. The van der Waals surface area contributed by atoms with Gasteiger partial charge in [-0.15, -0.1) is 0 Å². The lowest BCUT2D eigenvalue weighted by molar-refractivity contribution is 0.175. The van der Waals surface area contributed by atoms with E-state index in [1.54, 1.807) is 19.2 Å². The van der Waals surface area contributed by atoms with Gasteiger partial charge in [-0.3, -0.25) is 0 Å². The number of aliphatic hydroxyl groups excluding tert-OH is 1. The Morgan fingerprint density at radius 2 is 2.08 bits per heavy atom. The second-order valence-electron chi connectivity index (χ2n) is 5.72. The number of methoxy groups -OCH3 is 1. The molecule has 0 saturated carbocycles. The standard InChI is InChI=1S/C19H21ClN2O2/c1-24-18-7-3-6-16-14(11-22-19(16)18)8-9-21-12-17(23)13-4-2-5-15(20)10-13/h2-7,10-11,17,21-23H,8-9,12H2,1H3. The van der Waals surface area contributed by atoms with Gasteiger partial charge in [-0.1, -0.05) is 35.9 Å². The van der Waals surface area contributed by atoms with Crippen molar-refractivity contribution >= 4 is 22.5 Å². The minimum absolute atomic E-state index is 0.492. The van der Waals surface area contributed by atoms with E-state index in [4.69, 9.17) is 16.3 Å². The number of H-pyrrole nitrogens is 1. The van der Waals surface area contributed by atoms with Crippen LogP contribution in [0.3, 0.4) is 0 Å². The van der Waals surface area contributed by atoms with Crippen LogP contribution in [-0.2, 0) is 6.42 Å². The van der Waals surface area contributed by atoms with Crippen molar-refractivity contribution in [2.75, 3.05) is 20.2 Å². The molecular formula is C19H21ClN2O2. The van der Waals surface area contributed by atoms with Gasteiger partial charge in [0, 0.05) is 23.2 Å². The average Bonchev–Trinajstić information content (AvgIpc) is 3.01. The summed E-state index contributed by atoms with van der Waals surface area (Å²) in [6.45, 7) is 1.27. The Morgan fingerprint density at radius 3 is 2.88 bits per heavy atom. The molecule has 1 atom stereocenters. The lowest BCUT2D eigenvalue weighted by Crippen LogP contribution is -2.23. The number of halogens is 1. The molecule has 0 bridgehead atoms. The molecule has 3 N–H and O–H groups in total. The number of aromatic amines is 1. The van der Waals surface area contributed by atoms with Crippen LogP contribution in [0.2, 0.25) is 5.02 Å². The van der Waals surface area contributed by atoms with E-state index in [2.05, 4.69) is 16.4 Å². The Kier molecular flexibility index (Phi) is 5.41. The number of hydrogen-bond acceptors (Lipinski definition) is 3. The molecule has 3 aromatic rings. The number of aliphatic hydroxyl groups is 1. The maximum absolute atomic E-state index is 10.2. The maximum Gasteiger partial charge on any atom is 0.142 e. The van der Waals surface area contributed by atoms with Crippen LogP contribution in [0, 0.1) is 0 Å². The smallest absolute Gasteiger partial charge is 0.142 e. The molecule has 0 aliphatic carbocycles. The van der Waals surface area contributed by atoms with Crippen molar-refractivity contribution in [3.8, 4) is 5.75 Å². The molecule has 0 amide bonds. The topological polar surface area (TPSA) is 57.3 Å². The van der Waals surface area contributed by atoms with Gasteiger partial charge in [0.05, 0.1) is 18.7 Å². The number of para-hydroxylation sites is 1. The van der Waals surface area contributed by atoms with Gasteiger partial charge in [0.1, 0.15) is 5.75 Å². The number of ether oxygens (including phenoxy) is 1. The summed E-state index contributed by atoms with van der Waals surface area (Å²) in [5.74, 6) is 0.850. The van der Waals surface area contributed by atoms with Crippen LogP contribution in [0.5, 0.6) is 5.75 Å². The monoisotopic (exact) mass is 344 g/mol. The molecule has 0 radical (unpaired) electrons. The van der Waals surface area contributed by atoms with E-state index in [-0.39, 0.29) is 0 Å². The van der Waals surface area contributed by atoms with E-state index in [1.807, 2.05) is 30.5 Å². The molecule has 1 unspecified atom stereocenters. The zero-order valence-corrected chi connectivity index (χ0v) is 14.3. The van der Waals surface area contributed by atoms with E-state index < -0.39 is 6.10 Å². The summed E-state index contributed by atoms with van der Waals surface area (Å²) in [5, 5.41) is 15.3. The van der Waals surface area contributed by atoms with Gasteiger partial charge in [0.25, 0.3) is 0 Å². The third-order valence-corrected chi connectivity index (χ3v) is 4.36. The number of rotatable bonds is 7. The van der Waals surface area contributed by atoms with Gasteiger partial charge in [-0.2, -0.15) is 0 Å². The van der Waals surface area contributed by atoms with Crippen molar-refractivity contribution in [1.29, 1.82) is 0 Å². The lowest BCUT2D eigenvalue weighted by atomic mass is 10.1. The second-order valence-corrected chi connectivity index (χ2v) is 6.16. The van der Waals surface area contributed by atoms with Crippen LogP contribution in [0.4, 0.5) is 0 Å². The Bertz CT molecular complexity index is 816. The minimum atomic E-state index is -0.563. The molecule has 126 valence electrons. The molecule has 0 aliphatic rings. The van der Waals surface area contributed by atoms with Crippen LogP contribution in [0.15, 0.2) is 48.7 Å². The molecule has 5 heteroatoms. The molecule has 2 aromatic carbocycles. The first-order valence-corrected chi connectivity index (χ1v) is 8.34. The Balaban J connectivity index is 1.55. The zero-order chi connectivity index (χ0) is 16.9. The van der Waals surface area contributed by atoms with E-state index in [9.17, 15) is 5.11 Å². The SMILES string of the molecule is COc1cccc2c(CCNCC(O)c3cccc(Cl)c3)c[nH]c12. The van der Waals surface area contributed by atoms with Gasteiger partial charge in [0.15, 0.2) is 0 Å². The van der Waals surface area contributed by atoms with Gasteiger partial charge in [0.2, 0.25) is 0 Å². The molecule has 4 nitrogen and oxygen atoms in total. The largest absolute Gasteiger partial charge is 0.495 e. The average molecular weight is 345 g/mol. The maximum atomic E-state index is 10.2. The number of fused-ring (bicyclic) bond motifs is 1. The van der Waals surface area contributed by atoms with E-state index in [1.165, 1.54) is 10.9 Å². The highest BCUT2D eigenvalue weighted by Gasteiger charge is 2.09. The first-order chi connectivity index (χ1) is 11.7. The first-order valence-electron chi connectivity index (χ1n) is 7.96. The van der Waals surface area contributed by atoms with Crippen molar-refractivity contribution in [1.82, 2.24) is 10.3 Å². The van der Waals surface area contributed by atoms with Crippen LogP contribution in [0.25, 0.3) is 10.9 Å². The van der Waals surface area contributed by atoms with Gasteiger partial charge in [-0.25, -0.2) is 0 Å². The summed E-state index contributed by atoms with van der Waals surface area (Å²) in [7, 11) is 1.67. The molecule has 1 heterocycles. The van der Waals surface area contributed by atoms with Crippen LogP contribution in [-0.4, -0.2) is 30.3 Å². The van der Waals surface area contributed by atoms with E-state index in [0.717, 1.165) is 29.8 Å². The highest BCUT2D eigenvalue weighted by molar-refractivity contribution is 6.30. The molecule has 0 saturated heterocycles. The number of benzene rings is 2. The van der Waals surface area contributed by atoms with Gasteiger partial charge < -0.3 is 20.1 Å². The molecule has 0 aliphatic heterocycles. The number of aromatic nitrogens is 1. The fourth-order valence-corrected chi connectivity index (χ4v) is 3.05. The summed E-state index contributed by atoms with van der Waals surface area (Å²) >= 11 is 5.95. The van der Waals surface area contributed by atoms with Crippen molar-refractivity contribution < 1.29 is 9.84 Å². The Labute approximate surface area is 146 Å². The van der Waals surface area contributed by atoms with Crippen LogP contribution in [0.1, 0.15) is 17.2 Å². The van der Waals surface area contributed by atoms with Crippen molar-refractivity contribution in [2.45, 2.75) is 12.5 Å². The summed E-state index contributed by atoms with van der Waals surface area (Å²) in [5.41, 5.74) is 3.08. The number of nitrogens with one attached hydrogen (secondary N) is 2. The highest BCUT2D eigenvalue weighted by Crippen LogP contribution is 2.27. The van der Waals surface area contributed by atoms with Crippen LogP contribution < -0.4 is 10.1 Å². The van der Waals surface area contributed by atoms with Crippen molar-refractivity contribution in [3.63, 3.8) is 0 Å². The minimum Gasteiger partial charge on any atom is -0.495 e. The third kappa shape index (κ3) is 3.73. The van der Waals surface area contributed by atoms with Crippen molar-refractivity contribution in [3.05, 3.63) is 64.8 Å². The summed E-state index contributed by atoms with van der Waals surface area (Å²) in [6.07, 6.45) is 2.32. The quantitative estimate of drug-likeness (QED) is 0.573.